The van der Waals surface area contributed by atoms with Crippen LogP contribution in [0.4, 0.5) is 0 Å². The first-order valence-corrected chi connectivity index (χ1v) is 9.80. The van der Waals surface area contributed by atoms with Crippen LogP contribution in [0.25, 0.3) is 35.4 Å². The monoisotopic (exact) mass is 390 g/mol. The van der Waals surface area contributed by atoms with E-state index < -0.39 is 0 Å². The van der Waals surface area contributed by atoms with Gasteiger partial charge in [-0.2, -0.15) is 0 Å². The van der Waals surface area contributed by atoms with Crippen LogP contribution in [0.15, 0.2) is 97.1 Å². The molecule has 2 N–H and O–H groups in total. The smallest absolute Gasteiger partial charge is 0.115 e. The number of rotatable bonds is 5. The van der Waals surface area contributed by atoms with Gasteiger partial charge in [0, 0.05) is 0 Å². The van der Waals surface area contributed by atoms with Crippen molar-refractivity contribution in [1.82, 2.24) is 0 Å². The predicted molar refractivity (Wildman–Crippen MR) is 126 cm³/mol. The van der Waals surface area contributed by atoms with Crippen molar-refractivity contribution in [3.8, 4) is 22.6 Å². The van der Waals surface area contributed by atoms with Gasteiger partial charge in [-0.1, -0.05) is 97.1 Å². The molecule has 0 saturated heterocycles. The highest BCUT2D eigenvalue weighted by molar-refractivity contribution is 5.74. The summed E-state index contributed by atoms with van der Waals surface area (Å²) in [7, 11) is 0. The maximum absolute atomic E-state index is 9.35. The Morgan fingerprint density at radius 3 is 0.833 bits per heavy atom. The minimum Gasteiger partial charge on any atom is -0.508 e. The van der Waals surface area contributed by atoms with Crippen molar-refractivity contribution < 1.29 is 10.2 Å². The molecular formula is C28H22O2. The SMILES string of the molecule is Oc1ccc(C=Cc2ccc(-c3ccc(C=Cc4ccc(O)cc4)cc3)cc2)cc1. The molecule has 2 heteroatoms. The summed E-state index contributed by atoms with van der Waals surface area (Å²) < 4.78 is 0. The molecule has 30 heavy (non-hydrogen) atoms. The van der Waals surface area contributed by atoms with Crippen LogP contribution >= 0.6 is 0 Å². The van der Waals surface area contributed by atoms with E-state index in [1.54, 1.807) is 24.3 Å². The van der Waals surface area contributed by atoms with E-state index in [1.807, 2.05) is 36.4 Å². The molecule has 0 saturated carbocycles. The minimum absolute atomic E-state index is 0.276. The molecule has 0 bridgehead atoms. The van der Waals surface area contributed by atoms with Gasteiger partial charge in [0.1, 0.15) is 11.5 Å². The second-order valence-corrected chi connectivity index (χ2v) is 7.09. The Balaban J connectivity index is 1.42. The fourth-order valence-electron chi connectivity index (χ4n) is 3.13. The summed E-state index contributed by atoms with van der Waals surface area (Å²) in [5.74, 6) is 0.553. The van der Waals surface area contributed by atoms with Gasteiger partial charge in [-0.25, -0.2) is 0 Å². The highest BCUT2D eigenvalue weighted by atomic mass is 16.3. The molecule has 0 aromatic heterocycles. The van der Waals surface area contributed by atoms with Gasteiger partial charge in [-0.3, -0.25) is 0 Å². The molecule has 146 valence electrons. The number of aromatic hydroxyl groups is 2. The molecule has 0 atom stereocenters. The van der Waals surface area contributed by atoms with E-state index in [0.717, 1.165) is 22.3 Å². The van der Waals surface area contributed by atoms with Gasteiger partial charge in [-0.05, 0) is 57.6 Å². The van der Waals surface area contributed by atoms with Gasteiger partial charge in [0.15, 0.2) is 0 Å². The molecule has 0 radical (unpaired) electrons. The van der Waals surface area contributed by atoms with Crippen molar-refractivity contribution in [3.05, 3.63) is 119 Å². The van der Waals surface area contributed by atoms with E-state index in [4.69, 9.17) is 0 Å². The molecule has 2 nitrogen and oxygen atoms in total. The molecule has 0 aliphatic carbocycles. The second kappa shape index (κ2) is 8.97. The lowest BCUT2D eigenvalue weighted by Crippen LogP contribution is -1.80. The molecule has 0 fully saturated rings. The average Bonchev–Trinajstić information content (AvgIpc) is 2.79. The third kappa shape index (κ3) is 5.06. The van der Waals surface area contributed by atoms with E-state index in [9.17, 15) is 10.2 Å². The van der Waals surface area contributed by atoms with Gasteiger partial charge in [0.05, 0.1) is 0 Å². The lowest BCUT2D eigenvalue weighted by Gasteiger charge is -2.04. The van der Waals surface area contributed by atoms with Crippen LogP contribution in [-0.4, -0.2) is 10.2 Å². The van der Waals surface area contributed by atoms with Crippen LogP contribution in [0, 0.1) is 0 Å². The van der Waals surface area contributed by atoms with E-state index in [0.29, 0.717) is 0 Å². The first kappa shape index (κ1) is 19.3. The molecule has 0 heterocycles. The largest absolute Gasteiger partial charge is 0.508 e. The molecule has 4 aromatic carbocycles. The molecule has 0 unspecified atom stereocenters. The summed E-state index contributed by atoms with van der Waals surface area (Å²) >= 11 is 0. The normalized spacial score (nSPS) is 11.3. The first-order valence-electron chi connectivity index (χ1n) is 9.80. The summed E-state index contributed by atoms with van der Waals surface area (Å²) in [4.78, 5) is 0. The van der Waals surface area contributed by atoms with Crippen molar-refractivity contribution in [2.75, 3.05) is 0 Å². The summed E-state index contributed by atoms with van der Waals surface area (Å²) in [6.07, 6.45) is 8.19. The topological polar surface area (TPSA) is 40.5 Å². The third-order valence-corrected chi connectivity index (χ3v) is 4.88. The predicted octanol–water partition coefficient (Wildman–Crippen LogP) is 7.11. The maximum atomic E-state index is 9.35. The Kier molecular flexibility index (Phi) is 5.77. The van der Waals surface area contributed by atoms with Crippen LogP contribution in [0.3, 0.4) is 0 Å². The molecule has 0 aliphatic rings. The Morgan fingerprint density at radius 2 is 0.567 bits per heavy atom. The fraction of sp³-hybridized carbons (Fsp3) is 0. The zero-order valence-electron chi connectivity index (χ0n) is 16.4. The maximum Gasteiger partial charge on any atom is 0.115 e. The number of hydrogen-bond acceptors (Lipinski definition) is 2. The number of phenolic OH excluding ortho intramolecular Hbond substituents is 2. The van der Waals surface area contributed by atoms with E-state index in [2.05, 4.69) is 60.7 Å². The lowest BCUT2D eigenvalue weighted by molar-refractivity contribution is 0.474. The summed E-state index contributed by atoms with van der Waals surface area (Å²) in [6.45, 7) is 0. The third-order valence-electron chi connectivity index (χ3n) is 4.88. The molecular weight excluding hydrogens is 368 g/mol. The molecule has 0 amide bonds. The highest BCUT2D eigenvalue weighted by Crippen LogP contribution is 2.22. The Hall–Kier alpha value is -4.04. The van der Waals surface area contributed by atoms with Crippen LogP contribution in [0.1, 0.15) is 22.3 Å². The lowest BCUT2D eigenvalue weighted by atomic mass is 10.0. The molecule has 4 aromatic rings. The zero-order valence-corrected chi connectivity index (χ0v) is 16.4. The van der Waals surface area contributed by atoms with Crippen molar-refractivity contribution in [3.63, 3.8) is 0 Å². The standard InChI is InChI=1S/C28H22O2/c29-27-17-9-23(10-18-27)3-1-21-5-13-25(14-6-21)26-15-7-22(8-16-26)2-4-24-11-19-28(30)20-12-24/h1-20,29-30H. The Labute approximate surface area is 176 Å². The van der Waals surface area contributed by atoms with Gasteiger partial charge >= 0.3 is 0 Å². The molecule has 0 spiro atoms. The Bertz CT molecular complexity index is 1050. The summed E-state index contributed by atoms with van der Waals surface area (Å²) in [5, 5.41) is 18.7. The Morgan fingerprint density at radius 1 is 0.333 bits per heavy atom. The quantitative estimate of drug-likeness (QED) is 0.357. The van der Waals surface area contributed by atoms with Crippen molar-refractivity contribution >= 4 is 24.3 Å². The van der Waals surface area contributed by atoms with E-state index in [1.165, 1.54) is 11.1 Å². The van der Waals surface area contributed by atoms with Crippen molar-refractivity contribution in [2.24, 2.45) is 0 Å². The van der Waals surface area contributed by atoms with Crippen LogP contribution in [0.5, 0.6) is 11.5 Å². The first-order chi connectivity index (χ1) is 14.7. The highest BCUT2D eigenvalue weighted by Gasteiger charge is 1.98. The second-order valence-electron chi connectivity index (χ2n) is 7.09. The van der Waals surface area contributed by atoms with Gasteiger partial charge < -0.3 is 10.2 Å². The molecule has 0 aliphatic heterocycles. The average molecular weight is 390 g/mol. The zero-order chi connectivity index (χ0) is 20.8. The summed E-state index contributed by atoms with van der Waals surface area (Å²) in [6, 6.07) is 31.2. The van der Waals surface area contributed by atoms with Crippen LogP contribution in [0.2, 0.25) is 0 Å². The fourth-order valence-corrected chi connectivity index (χ4v) is 3.13. The van der Waals surface area contributed by atoms with Crippen LogP contribution in [-0.2, 0) is 0 Å². The van der Waals surface area contributed by atoms with Gasteiger partial charge in [0.2, 0.25) is 0 Å². The minimum atomic E-state index is 0.276. The van der Waals surface area contributed by atoms with Crippen molar-refractivity contribution in [1.29, 1.82) is 0 Å². The number of benzene rings is 4. The number of phenols is 2. The van der Waals surface area contributed by atoms with E-state index in [-0.39, 0.29) is 11.5 Å². The van der Waals surface area contributed by atoms with Crippen molar-refractivity contribution in [2.45, 2.75) is 0 Å². The van der Waals surface area contributed by atoms with Gasteiger partial charge in [-0.15, -0.1) is 0 Å². The summed E-state index contributed by atoms with van der Waals surface area (Å²) in [5.41, 5.74) is 6.69. The van der Waals surface area contributed by atoms with E-state index >= 15 is 0 Å². The van der Waals surface area contributed by atoms with Gasteiger partial charge in [0.25, 0.3) is 0 Å². The van der Waals surface area contributed by atoms with Crippen LogP contribution < -0.4 is 0 Å². The molecule has 4 rings (SSSR count). The number of hydrogen-bond donors (Lipinski definition) is 2.